The van der Waals surface area contributed by atoms with Crippen LogP contribution in [0, 0.1) is 5.92 Å². The third-order valence-electron chi connectivity index (χ3n) is 3.22. The number of nitrogens with one attached hydrogen (secondary N) is 1. The molecule has 3 rings (SSSR count). The molecular formula is C13H12N2O5S. The second kappa shape index (κ2) is 5.66. The molecule has 2 N–H and O–H groups in total. The van der Waals surface area contributed by atoms with Gasteiger partial charge in [-0.2, -0.15) is 0 Å². The Morgan fingerprint density at radius 1 is 1.43 bits per heavy atom. The van der Waals surface area contributed by atoms with Gasteiger partial charge in [0.25, 0.3) is 5.91 Å². The van der Waals surface area contributed by atoms with Gasteiger partial charge in [-0.15, -0.1) is 11.3 Å². The molecule has 3 heterocycles. The summed E-state index contributed by atoms with van der Waals surface area (Å²) in [6, 6.07) is 4.71. The predicted octanol–water partition coefficient (Wildman–Crippen LogP) is 1.23. The van der Waals surface area contributed by atoms with Crippen LogP contribution >= 0.6 is 11.3 Å². The molecule has 1 aliphatic rings. The molecule has 1 saturated heterocycles. The van der Waals surface area contributed by atoms with Crippen molar-refractivity contribution in [3.05, 3.63) is 29.3 Å². The van der Waals surface area contributed by atoms with Crippen molar-refractivity contribution < 1.29 is 24.0 Å². The third kappa shape index (κ3) is 2.81. The van der Waals surface area contributed by atoms with E-state index in [2.05, 4.69) is 10.5 Å². The van der Waals surface area contributed by atoms with Crippen LogP contribution in [0.15, 0.2) is 28.1 Å². The van der Waals surface area contributed by atoms with E-state index >= 15 is 0 Å². The number of carbonyl (C=O) groups is 2. The minimum absolute atomic E-state index is 0.0968. The van der Waals surface area contributed by atoms with Gasteiger partial charge in [0.05, 0.1) is 24.1 Å². The fraction of sp³-hybridized carbons (Fsp3) is 0.308. The largest absolute Gasteiger partial charge is 0.481 e. The molecular weight excluding hydrogens is 296 g/mol. The monoisotopic (exact) mass is 308 g/mol. The van der Waals surface area contributed by atoms with Crippen molar-refractivity contribution in [2.75, 3.05) is 13.2 Å². The van der Waals surface area contributed by atoms with Crippen LogP contribution in [0.4, 0.5) is 0 Å². The number of carboxylic acids is 1. The van der Waals surface area contributed by atoms with Crippen LogP contribution in [0.5, 0.6) is 0 Å². The van der Waals surface area contributed by atoms with E-state index in [1.807, 2.05) is 17.5 Å². The molecule has 2 atom stereocenters. The molecule has 0 aliphatic carbocycles. The molecule has 1 fully saturated rings. The van der Waals surface area contributed by atoms with Crippen molar-refractivity contribution in [3.8, 4) is 10.6 Å². The first kappa shape index (κ1) is 13.8. The number of nitrogens with zero attached hydrogens (tertiary/aromatic N) is 1. The molecule has 2 aromatic rings. The lowest BCUT2D eigenvalue weighted by molar-refractivity contribution is -0.142. The second-order valence-corrected chi connectivity index (χ2v) is 5.56. The molecule has 8 heteroatoms. The Morgan fingerprint density at radius 3 is 3.00 bits per heavy atom. The summed E-state index contributed by atoms with van der Waals surface area (Å²) in [6.07, 6.45) is 0. The van der Waals surface area contributed by atoms with Gasteiger partial charge in [-0.1, -0.05) is 11.2 Å². The molecule has 0 saturated carbocycles. The number of carbonyl (C=O) groups excluding carboxylic acids is 1. The van der Waals surface area contributed by atoms with E-state index in [-0.39, 0.29) is 18.9 Å². The number of amides is 1. The Kier molecular flexibility index (Phi) is 3.72. The van der Waals surface area contributed by atoms with Crippen LogP contribution in [-0.2, 0) is 9.53 Å². The molecule has 1 amide bonds. The number of hydrogen-bond acceptors (Lipinski definition) is 6. The average Bonchev–Trinajstić information content (AvgIpc) is 3.19. The molecule has 0 radical (unpaired) electrons. The van der Waals surface area contributed by atoms with Crippen molar-refractivity contribution in [1.82, 2.24) is 10.5 Å². The maximum absolute atomic E-state index is 12.1. The average molecular weight is 308 g/mol. The van der Waals surface area contributed by atoms with Gasteiger partial charge in [-0.05, 0) is 11.4 Å². The van der Waals surface area contributed by atoms with Gasteiger partial charge in [0.15, 0.2) is 11.5 Å². The lowest BCUT2D eigenvalue weighted by atomic mass is 10.0. The van der Waals surface area contributed by atoms with Crippen LogP contribution in [0.2, 0.25) is 0 Å². The van der Waals surface area contributed by atoms with Gasteiger partial charge in [0.1, 0.15) is 5.92 Å². The van der Waals surface area contributed by atoms with Gasteiger partial charge in [0, 0.05) is 6.07 Å². The Hall–Kier alpha value is -2.19. The van der Waals surface area contributed by atoms with E-state index in [0.717, 1.165) is 4.88 Å². The topological polar surface area (TPSA) is 102 Å². The van der Waals surface area contributed by atoms with E-state index in [0.29, 0.717) is 5.76 Å². The van der Waals surface area contributed by atoms with Gasteiger partial charge < -0.3 is 19.7 Å². The lowest BCUT2D eigenvalue weighted by Crippen LogP contribution is -2.42. The minimum atomic E-state index is -0.989. The smallest absolute Gasteiger partial charge is 0.311 e. The number of hydrogen-bond donors (Lipinski definition) is 2. The van der Waals surface area contributed by atoms with Crippen molar-refractivity contribution in [2.24, 2.45) is 5.92 Å². The highest BCUT2D eigenvalue weighted by atomic mass is 32.1. The summed E-state index contributed by atoms with van der Waals surface area (Å²) < 4.78 is 10.2. The summed E-state index contributed by atoms with van der Waals surface area (Å²) in [6.45, 7) is 0.276. The first-order chi connectivity index (χ1) is 10.1. The maximum atomic E-state index is 12.1. The highest BCUT2D eigenvalue weighted by Gasteiger charge is 2.35. The summed E-state index contributed by atoms with van der Waals surface area (Å²) in [5, 5.41) is 17.3. The van der Waals surface area contributed by atoms with Crippen molar-refractivity contribution in [2.45, 2.75) is 6.04 Å². The first-order valence-electron chi connectivity index (χ1n) is 6.27. The summed E-state index contributed by atoms with van der Waals surface area (Å²) in [7, 11) is 0. The fourth-order valence-electron chi connectivity index (χ4n) is 2.10. The Balaban J connectivity index is 1.70. The third-order valence-corrected chi connectivity index (χ3v) is 4.11. The zero-order valence-corrected chi connectivity index (χ0v) is 11.6. The van der Waals surface area contributed by atoms with Crippen LogP contribution in [0.25, 0.3) is 10.6 Å². The molecule has 21 heavy (non-hydrogen) atoms. The Labute approximate surface area is 123 Å². The highest BCUT2D eigenvalue weighted by molar-refractivity contribution is 7.13. The van der Waals surface area contributed by atoms with E-state index < -0.39 is 23.8 Å². The zero-order chi connectivity index (χ0) is 14.8. The fourth-order valence-corrected chi connectivity index (χ4v) is 2.77. The number of thiophene rings is 1. The normalized spacial score (nSPS) is 21.3. The molecule has 1 aliphatic heterocycles. The van der Waals surface area contributed by atoms with E-state index in [1.165, 1.54) is 17.4 Å². The molecule has 0 spiro atoms. The van der Waals surface area contributed by atoms with Crippen molar-refractivity contribution >= 4 is 23.2 Å². The van der Waals surface area contributed by atoms with E-state index in [1.54, 1.807) is 0 Å². The molecule has 7 nitrogen and oxygen atoms in total. The van der Waals surface area contributed by atoms with E-state index in [9.17, 15) is 9.59 Å². The van der Waals surface area contributed by atoms with Crippen LogP contribution in [-0.4, -0.2) is 41.4 Å². The summed E-state index contributed by atoms with van der Waals surface area (Å²) in [4.78, 5) is 24.0. The SMILES string of the molecule is O=C(NC1COCC1C(=O)O)c1cc(-c2cccs2)on1. The molecule has 0 aromatic carbocycles. The Bertz CT molecular complexity index is 651. The summed E-state index contributed by atoms with van der Waals surface area (Å²) in [5.74, 6) is -1.69. The quantitative estimate of drug-likeness (QED) is 0.881. The van der Waals surface area contributed by atoms with Gasteiger partial charge in [0.2, 0.25) is 0 Å². The van der Waals surface area contributed by atoms with Gasteiger partial charge in [-0.3, -0.25) is 9.59 Å². The molecule has 2 unspecified atom stereocenters. The minimum Gasteiger partial charge on any atom is -0.481 e. The van der Waals surface area contributed by atoms with Crippen LogP contribution < -0.4 is 5.32 Å². The number of aliphatic carboxylic acids is 1. The molecule has 0 bridgehead atoms. The zero-order valence-electron chi connectivity index (χ0n) is 10.8. The van der Waals surface area contributed by atoms with Gasteiger partial charge in [-0.25, -0.2) is 0 Å². The summed E-state index contributed by atoms with van der Waals surface area (Å²) in [5.41, 5.74) is 0.120. The van der Waals surface area contributed by atoms with Crippen molar-refractivity contribution in [1.29, 1.82) is 0 Å². The second-order valence-electron chi connectivity index (χ2n) is 4.62. The first-order valence-corrected chi connectivity index (χ1v) is 7.15. The van der Waals surface area contributed by atoms with E-state index in [4.69, 9.17) is 14.4 Å². The molecule has 2 aromatic heterocycles. The predicted molar refractivity (Wildman–Crippen MR) is 73.0 cm³/mol. The Morgan fingerprint density at radius 2 is 2.29 bits per heavy atom. The number of aromatic nitrogens is 1. The summed E-state index contributed by atoms with van der Waals surface area (Å²) >= 11 is 1.48. The molecule has 110 valence electrons. The lowest BCUT2D eigenvalue weighted by Gasteiger charge is -2.14. The van der Waals surface area contributed by atoms with Crippen LogP contribution in [0.3, 0.4) is 0 Å². The number of ether oxygens (including phenoxy) is 1. The van der Waals surface area contributed by atoms with Gasteiger partial charge >= 0.3 is 5.97 Å². The number of carboxylic acid groups (broad SMARTS) is 1. The highest BCUT2D eigenvalue weighted by Crippen LogP contribution is 2.25. The standard InChI is InChI=1S/C13H12N2O5S/c16-12(14-9-6-19-5-7(9)13(17)18)8-4-10(20-15-8)11-2-1-3-21-11/h1-4,7,9H,5-6H2,(H,14,16)(H,17,18). The van der Waals surface area contributed by atoms with Crippen LogP contribution in [0.1, 0.15) is 10.5 Å². The number of rotatable bonds is 4. The maximum Gasteiger partial charge on any atom is 0.311 e. The van der Waals surface area contributed by atoms with Crippen molar-refractivity contribution in [3.63, 3.8) is 0 Å².